The maximum absolute atomic E-state index is 12.4. The number of alkyl halides is 3. The maximum atomic E-state index is 12.4. The number of carbonyl (C=O) groups is 1. The molecule has 2 aromatic rings. The molecule has 25 heavy (non-hydrogen) atoms. The largest absolute Gasteiger partial charge is 0.497 e. The van der Waals surface area contributed by atoms with Gasteiger partial charge in [0.05, 0.1) is 18.2 Å². The number of ether oxygens (including phenoxy) is 1. The molecule has 2 N–H and O–H groups in total. The van der Waals surface area contributed by atoms with Crippen LogP contribution < -0.4 is 15.4 Å². The van der Waals surface area contributed by atoms with Gasteiger partial charge in [-0.3, -0.25) is 4.79 Å². The van der Waals surface area contributed by atoms with Gasteiger partial charge >= 0.3 is 6.18 Å². The summed E-state index contributed by atoms with van der Waals surface area (Å²) in [6.07, 6.45) is -3.65. The van der Waals surface area contributed by atoms with Crippen molar-refractivity contribution in [1.82, 2.24) is 10.3 Å². The van der Waals surface area contributed by atoms with Gasteiger partial charge in [-0.25, -0.2) is 4.98 Å². The fourth-order valence-corrected chi connectivity index (χ4v) is 2.36. The lowest BCUT2D eigenvalue weighted by Gasteiger charge is -2.10. The molecule has 0 fully saturated rings. The molecule has 0 spiro atoms. The van der Waals surface area contributed by atoms with E-state index in [-0.39, 0.29) is 12.5 Å². The van der Waals surface area contributed by atoms with Crippen LogP contribution >= 0.6 is 15.9 Å². The Hall–Kier alpha value is -2.29. The van der Waals surface area contributed by atoms with E-state index in [2.05, 4.69) is 31.5 Å². The summed E-state index contributed by atoms with van der Waals surface area (Å²) in [6.45, 7) is 0.580. The second-order valence-corrected chi connectivity index (χ2v) is 5.81. The standard InChI is InChI=1S/C16H15BrF3N3O2/c1-25-11-3-4-13(17)12(8-11)15(24)22-7-6-21-14-5-2-10(9-23-14)16(18,19)20/h2-5,8-9H,6-7H2,1H3,(H,21,23)(H,22,24). The monoisotopic (exact) mass is 417 g/mol. The lowest BCUT2D eigenvalue weighted by atomic mass is 10.2. The Balaban J connectivity index is 1.84. The molecule has 0 unspecified atom stereocenters. The van der Waals surface area contributed by atoms with Crippen molar-refractivity contribution >= 4 is 27.7 Å². The van der Waals surface area contributed by atoms with E-state index in [0.717, 1.165) is 12.3 Å². The normalized spacial score (nSPS) is 11.1. The highest BCUT2D eigenvalue weighted by Crippen LogP contribution is 2.28. The third-order valence-electron chi connectivity index (χ3n) is 3.23. The molecule has 0 bridgehead atoms. The quantitative estimate of drug-likeness (QED) is 0.703. The first-order valence-corrected chi connectivity index (χ1v) is 7.99. The minimum absolute atomic E-state index is 0.269. The lowest BCUT2D eigenvalue weighted by Crippen LogP contribution is -2.29. The fourth-order valence-electron chi connectivity index (χ4n) is 1.93. The molecule has 0 aliphatic rings. The second kappa shape index (κ2) is 8.19. The molecule has 0 saturated carbocycles. The van der Waals surface area contributed by atoms with Crippen LogP contribution in [0.1, 0.15) is 15.9 Å². The predicted molar refractivity (Wildman–Crippen MR) is 90.8 cm³/mol. The number of aromatic nitrogens is 1. The van der Waals surface area contributed by atoms with Gasteiger partial charge in [-0.1, -0.05) is 0 Å². The molecule has 1 amide bonds. The minimum atomic E-state index is -4.41. The first-order chi connectivity index (χ1) is 11.8. The average Bonchev–Trinajstić information content (AvgIpc) is 2.58. The highest BCUT2D eigenvalue weighted by Gasteiger charge is 2.30. The molecular formula is C16H15BrF3N3O2. The Morgan fingerprint density at radius 3 is 2.60 bits per heavy atom. The van der Waals surface area contributed by atoms with E-state index in [1.54, 1.807) is 18.2 Å². The number of amides is 1. The molecule has 0 saturated heterocycles. The van der Waals surface area contributed by atoms with Crippen molar-refractivity contribution in [2.24, 2.45) is 0 Å². The number of benzene rings is 1. The van der Waals surface area contributed by atoms with Gasteiger partial charge in [-0.15, -0.1) is 0 Å². The van der Waals surface area contributed by atoms with E-state index in [1.165, 1.54) is 13.2 Å². The van der Waals surface area contributed by atoms with Gasteiger partial charge in [0.1, 0.15) is 11.6 Å². The van der Waals surface area contributed by atoms with E-state index in [9.17, 15) is 18.0 Å². The van der Waals surface area contributed by atoms with Crippen LogP contribution in [-0.4, -0.2) is 31.1 Å². The minimum Gasteiger partial charge on any atom is -0.497 e. The molecule has 2 rings (SSSR count). The molecule has 1 aromatic carbocycles. The van der Waals surface area contributed by atoms with Gasteiger partial charge in [0.15, 0.2) is 0 Å². The van der Waals surface area contributed by atoms with Gasteiger partial charge in [-0.2, -0.15) is 13.2 Å². The molecule has 0 atom stereocenters. The first kappa shape index (κ1) is 19.0. The van der Waals surface area contributed by atoms with Crippen LogP contribution in [0.5, 0.6) is 5.75 Å². The number of rotatable bonds is 6. The fraction of sp³-hybridized carbons (Fsp3) is 0.250. The van der Waals surface area contributed by atoms with Gasteiger partial charge in [0, 0.05) is 23.8 Å². The SMILES string of the molecule is COc1ccc(Br)c(C(=O)NCCNc2ccc(C(F)(F)F)cn2)c1. The van der Waals surface area contributed by atoms with E-state index in [4.69, 9.17) is 4.74 Å². The molecule has 1 heterocycles. The number of methoxy groups -OCH3 is 1. The molecule has 1 aromatic heterocycles. The zero-order chi connectivity index (χ0) is 18.4. The maximum Gasteiger partial charge on any atom is 0.417 e. The summed E-state index contributed by atoms with van der Waals surface area (Å²) in [5.41, 5.74) is -0.388. The van der Waals surface area contributed by atoms with Crippen molar-refractivity contribution < 1.29 is 22.7 Å². The Morgan fingerprint density at radius 2 is 2.00 bits per heavy atom. The zero-order valence-corrected chi connectivity index (χ0v) is 14.7. The summed E-state index contributed by atoms with van der Waals surface area (Å²) in [5, 5.41) is 5.54. The Bertz CT molecular complexity index is 736. The Kier molecular flexibility index (Phi) is 6.24. The van der Waals surface area contributed by atoms with Crippen molar-refractivity contribution in [2.75, 3.05) is 25.5 Å². The van der Waals surface area contributed by atoms with Crippen molar-refractivity contribution in [3.8, 4) is 5.75 Å². The summed E-state index contributed by atoms with van der Waals surface area (Å²) in [7, 11) is 1.51. The molecular weight excluding hydrogens is 403 g/mol. The molecule has 0 aliphatic carbocycles. The average molecular weight is 418 g/mol. The van der Waals surface area contributed by atoms with E-state index in [0.29, 0.717) is 28.1 Å². The van der Waals surface area contributed by atoms with E-state index in [1.807, 2.05) is 0 Å². The summed E-state index contributed by atoms with van der Waals surface area (Å²) in [5.74, 6) is 0.554. The topological polar surface area (TPSA) is 63.2 Å². The second-order valence-electron chi connectivity index (χ2n) is 4.96. The van der Waals surface area contributed by atoms with Gasteiger partial charge < -0.3 is 15.4 Å². The third-order valence-corrected chi connectivity index (χ3v) is 3.92. The molecule has 0 aliphatic heterocycles. The van der Waals surface area contributed by atoms with Crippen LogP contribution in [0.4, 0.5) is 19.0 Å². The van der Waals surface area contributed by atoms with Gasteiger partial charge in [0.25, 0.3) is 5.91 Å². The molecule has 5 nitrogen and oxygen atoms in total. The number of nitrogens with one attached hydrogen (secondary N) is 2. The number of nitrogens with zero attached hydrogens (tertiary/aromatic N) is 1. The van der Waals surface area contributed by atoms with E-state index < -0.39 is 11.7 Å². The van der Waals surface area contributed by atoms with Crippen molar-refractivity contribution in [1.29, 1.82) is 0 Å². The van der Waals surface area contributed by atoms with Crippen LogP contribution in [0.15, 0.2) is 41.0 Å². The van der Waals surface area contributed by atoms with Crippen LogP contribution in [0.2, 0.25) is 0 Å². The van der Waals surface area contributed by atoms with Crippen molar-refractivity contribution in [3.05, 3.63) is 52.1 Å². The number of pyridine rings is 1. The predicted octanol–water partition coefficient (Wildman–Crippen LogP) is 3.71. The highest BCUT2D eigenvalue weighted by molar-refractivity contribution is 9.10. The number of hydrogen-bond donors (Lipinski definition) is 2. The number of anilines is 1. The van der Waals surface area contributed by atoms with Gasteiger partial charge in [0.2, 0.25) is 0 Å². The first-order valence-electron chi connectivity index (χ1n) is 7.20. The summed E-state index contributed by atoms with van der Waals surface area (Å²) in [4.78, 5) is 15.8. The van der Waals surface area contributed by atoms with Crippen molar-refractivity contribution in [2.45, 2.75) is 6.18 Å². The zero-order valence-electron chi connectivity index (χ0n) is 13.2. The van der Waals surface area contributed by atoms with Gasteiger partial charge in [-0.05, 0) is 46.3 Å². The molecule has 9 heteroatoms. The number of halogens is 4. The summed E-state index contributed by atoms with van der Waals surface area (Å²) >= 11 is 3.29. The van der Waals surface area contributed by atoms with Crippen LogP contribution in [0, 0.1) is 0 Å². The molecule has 0 radical (unpaired) electrons. The number of hydrogen-bond acceptors (Lipinski definition) is 4. The Morgan fingerprint density at radius 1 is 1.24 bits per heavy atom. The Labute approximate surface area is 150 Å². The van der Waals surface area contributed by atoms with Crippen LogP contribution in [0.3, 0.4) is 0 Å². The lowest BCUT2D eigenvalue weighted by molar-refractivity contribution is -0.137. The smallest absolute Gasteiger partial charge is 0.417 e. The van der Waals surface area contributed by atoms with Crippen LogP contribution in [-0.2, 0) is 6.18 Å². The van der Waals surface area contributed by atoms with Crippen LogP contribution in [0.25, 0.3) is 0 Å². The third kappa shape index (κ3) is 5.35. The van der Waals surface area contributed by atoms with E-state index >= 15 is 0 Å². The molecule has 134 valence electrons. The highest BCUT2D eigenvalue weighted by atomic mass is 79.9. The number of carbonyl (C=O) groups excluding carboxylic acids is 1. The summed E-state index contributed by atoms with van der Waals surface area (Å²) < 4.78 is 43.0. The summed E-state index contributed by atoms with van der Waals surface area (Å²) in [6, 6.07) is 7.21. The van der Waals surface area contributed by atoms with Crippen molar-refractivity contribution in [3.63, 3.8) is 0 Å².